The lowest BCUT2D eigenvalue weighted by atomic mass is 9.87. The number of nitrogens with zero attached hydrogens (tertiary/aromatic N) is 2. The summed E-state index contributed by atoms with van der Waals surface area (Å²) in [6.07, 6.45) is 1.61. The van der Waals surface area contributed by atoms with Crippen LogP contribution >= 0.6 is 0 Å². The highest BCUT2D eigenvalue weighted by molar-refractivity contribution is 6.13. The molecule has 202 valence electrons. The van der Waals surface area contributed by atoms with Gasteiger partial charge in [-0.3, -0.25) is 4.98 Å². The highest BCUT2D eigenvalue weighted by atomic mass is 19.1. The maximum Gasteiger partial charge on any atom is 0.144 e. The molecule has 4 aromatic carbocycles. The number of hydrogen-bond donors (Lipinski definition) is 0. The zero-order valence-corrected chi connectivity index (χ0v) is 23.9. The predicted molar refractivity (Wildman–Crippen MR) is 165 cm³/mol. The molecule has 0 unspecified atom stereocenters. The van der Waals surface area contributed by atoms with E-state index in [1.54, 1.807) is 6.20 Å². The third-order valence-electron chi connectivity index (χ3n) is 7.81. The van der Waals surface area contributed by atoms with Crippen molar-refractivity contribution in [1.29, 1.82) is 5.26 Å². The molecule has 0 bridgehead atoms. The minimum Gasteiger partial charge on any atom is -0.455 e. The van der Waals surface area contributed by atoms with Crippen molar-refractivity contribution in [2.45, 2.75) is 46.0 Å². The first-order valence-electron chi connectivity index (χ1n) is 13.9. The summed E-state index contributed by atoms with van der Waals surface area (Å²) in [5.74, 6) is 0.195. The number of nitriles is 1. The lowest BCUT2D eigenvalue weighted by Crippen LogP contribution is -2.14. The summed E-state index contributed by atoms with van der Waals surface area (Å²) in [7, 11) is 0. The summed E-state index contributed by atoms with van der Waals surface area (Å²) in [5, 5.41) is 11.8. The highest BCUT2D eigenvalue weighted by Gasteiger charge is 2.22. The molecule has 0 saturated carbocycles. The van der Waals surface area contributed by atoms with Gasteiger partial charge >= 0.3 is 0 Å². The normalized spacial score (nSPS) is 11.9. The highest BCUT2D eigenvalue weighted by Crippen LogP contribution is 2.41. The van der Waals surface area contributed by atoms with Gasteiger partial charge in [-0.05, 0) is 51.8 Å². The molecule has 0 aliphatic carbocycles. The molecule has 6 aromatic rings. The van der Waals surface area contributed by atoms with Crippen molar-refractivity contribution in [3.05, 3.63) is 114 Å². The first-order chi connectivity index (χ1) is 19.7. The number of fused-ring (bicyclic) bond motifs is 3. The van der Waals surface area contributed by atoms with E-state index in [1.807, 2.05) is 63.2 Å². The molecular formula is C37H31FN2O. The average molecular weight is 539 g/mol. The Bertz CT molecular complexity index is 1950. The molecule has 0 N–H and O–H groups in total. The van der Waals surface area contributed by atoms with Crippen LogP contribution in [0.25, 0.3) is 55.4 Å². The molecule has 0 saturated heterocycles. The molecule has 0 radical (unpaired) electrons. The van der Waals surface area contributed by atoms with E-state index in [4.69, 9.17) is 4.42 Å². The van der Waals surface area contributed by atoms with Gasteiger partial charge in [0, 0.05) is 39.7 Å². The topological polar surface area (TPSA) is 49.8 Å². The minimum absolute atomic E-state index is 0.290. The molecule has 3 nitrogen and oxygen atoms in total. The molecule has 4 heteroatoms. The summed E-state index contributed by atoms with van der Waals surface area (Å²) in [4.78, 5) is 4.61. The standard InChI is InChI=1S/C37H31FN2O/c1-22(2)23-9-11-24(12-10-23)25-13-15-26(16-14-25)34-27(20-39)17-18-29-28-7-6-8-30(35(28)41-36(29)34)33-19-32(38)31(21-40-33)37(3,4)5/h6-19,21-22H,1-5H3. The van der Waals surface area contributed by atoms with Gasteiger partial charge in [-0.15, -0.1) is 0 Å². The lowest BCUT2D eigenvalue weighted by molar-refractivity contribution is 0.520. The number of hydrogen-bond acceptors (Lipinski definition) is 3. The van der Waals surface area contributed by atoms with Crippen LogP contribution in [0, 0.1) is 17.1 Å². The lowest BCUT2D eigenvalue weighted by Gasteiger charge is -2.19. The van der Waals surface area contributed by atoms with Crippen LogP contribution in [0.1, 0.15) is 57.2 Å². The maximum atomic E-state index is 15.1. The smallest absolute Gasteiger partial charge is 0.144 e. The largest absolute Gasteiger partial charge is 0.455 e. The predicted octanol–water partition coefficient (Wildman–Crippen LogP) is 10.4. The molecular weight excluding hydrogens is 507 g/mol. The second kappa shape index (κ2) is 10.0. The molecule has 0 aliphatic heterocycles. The molecule has 2 heterocycles. The van der Waals surface area contributed by atoms with E-state index in [2.05, 4.69) is 61.3 Å². The molecule has 0 aliphatic rings. The van der Waals surface area contributed by atoms with Gasteiger partial charge < -0.3 is 4.42 Å². The van der Waals surface area contributed by atoms with Crippen LogP contribution in [0.5, 0.6) is 0 Å². The molecule has 2 aromatic heterocycles. The zero-order chi connectivity index (χ0) is 28.9. The fourth-order valence-electron chi connectivity index (χ4n) is 5.46. The van der Waals surface area contributed by atoms with Crippen LogP contribution in [-0.2, 0) is 5.41 Å². The van der Waals surface area contributed by atoms with Gasteiger partial charge in [0.05, 0.1) is 17.3 Å². The Morgan fingerprint density at radius 2 is 1.44 bits per heavy atom. The van der Waals surface area contributed by atoms with E-state index in [9.17, 15) is 5.26 Å². The van der Waals surface area contributed by atoms with Gasteiger partial charge in [0.25, 0.3) is 0 Å². The van der Waals surface area contributed by atoms with Crippen LogP contribution in [0.2, 0.25) is 0 Å². The van der Waals surface area contributed by atoms with Gasteiger partial charge in [0.15, 0.2) is 0 Å². The van der Waals surface area contributed by atoms with E-state index < -0.39 is 0 Å². The minimum atomic E-state index is -0.351. The SMILES string of the molecule is CC(C)c1ccc(-c2ccc(-c3c(C#N)ccc4c3oc3c(-c5cc(F)c(C(C)(C)C)cn5)cccc34)cc2)cc1. The summed E-state index contributed by atoms with van der Waals surface area (Å²) in [6, 6.07) is 30.3. The monoisotopic (exact) mass is 538 g/mol. The van der Waals surface area contributed by atoms with Crippen molar-refractivity contribution in [3.8, 4) is 39.6 Å². The van der Waals surface area contributed by atoms with Crippen LogP contribution in [0.15, 0.2) is 95.5 Å². The second-order valence-electron chi connectivity index (χ2n) is 11.9. The summed E-state index contributed by atoms with van der Waals surface area (Å²) >= 11 is 0. The maximum absolute atomic E-state index is 15.1. The van der Waals surface area contributed by atoms with Crippen molar-refractivity contribution in [2.24, 2.45) is 0 Å². The van der Waals surface area contributed by atoms with E-state index in [0.29, 0.717) is 39.5 Å². The quantitative estimate of drug-likeness (QED) is 0.224. The van der Waals surface area contributed by atoms with Crippen LogP contribution < -0.4 is 0 Å². The molecule has 0 fully saturated rings. The van der Waals surface area contributed by atoms with Crippen molar-refractivity contribution in [2.75, 3.05) is 0 Å². The molecule has 0 amide bonds. The fourth-order valence-corrected chi connectivity index (χ4v) is 5.46. The van der Waals surface area contributed by atoms with Crippen molar-refractivity contribution in [3.63, 3.8) is 0 Å². The second-order valence-corrected chi connectivity index (χ2v) is 11.9. The Kier molecular flexibility index (Phi) is 6.47. The van der Waals surface area contributed by atoms with Gasteiger partial charge in [-0.25, -0.2) is 4.39 Å². The third-order valence-corrected chi connectivity index (χ3v) is 7.81. The number of aromatic nitrogens is 1. The Labute approximate surface area is 239 Å². The zero-order valence-electron chi connectivity index (χ0n) is 23.9. The Morgan fingerprint density at radius 3 is 2.05 bits per heavy atom. The van der Waals surface area contributed by atoms with Crippen molar-refractivity contribution < 1.29 is 8.81 Å². The van der Waals surface area contributed by atoms with Gasteiger partial charge in [0.2, 0.25) is 0 Å². The number of halogens is 1. The first-order valence-corrected chi connectivity index (χ1v) is 13.9. The van der Waals surface area contributed by atoms with E-state index in [0.717, 1.165) is 33.0 Å². The number of furan rings is 1. The average Bonchev–Trinajstić information content (AvgIpc) is 3.35. The Balaban J connectivity index is 1.48. The van der Waals surface area contributed by atoms with Crippen molar-refractivity contribution >= 4 is 21.9 Å². The van der Waals surface area contributed by atoms with Gasteiger partial charge in [0.1, 0.15) is 17.0 Å². The number of rotatable bonds is 4. The van der Waals surface area contributed by atoms with Gasteiger partial charge in [-0.2, -0.15) is 5.26 Å². The van der Waals surface area contributed by atoms with Crippen molar-refractivity contribution in [1.82, 2.24) is 4.98 Å². The number of para-hydroxylation sites is 1. The Morgan fingerprint density at radius 1 is 0.805 bits per heavy atom. The number of benzene rings is 4. The molecule has 0 spiro atoms. The number of pyridine rings is 1. The van der Waals surface area contributed by atoms with Gasteiger partial charge in [-0.1, -0.05) is 95.3 Å². The summed E-state index contributed by atoms with van der Waals surface area (Å²) in [5.41, 5.74) is 8.42. The Hall–Kier alpha value is -4.75. The summed E-state index contributed by atoms with van der Waals surface area (Å²) < 4.78 is 21.7. The third kappa shape index (κ3) is 4.68. The first kappa shape index (κ1) is 26.5. The molecule has 41 heavy (non-hydrogen) atoms. The van der Waals surface area contributed by atoms with Crippen LogP contribution in [-0.4, -0.2) is 4.98 Å². The molecule has 6 rings (SSSR count). The van der Waals surface area contributed by atoms with E-state index in [-0.39, 0.29) is 11.2 Å². The molecule has 0 atom stereocenters. The van der Waals surface area contributed by atoms with Crippen LogP contribution in [0.4, 0.5) is 4.39 Å². The van der Waals surface area contributed by atoms with E-state index in [1.165, 1.54) is 11.6 Å². The van der Waals surface area contributed by atoms with Crippen LogP contribution in [0.3, 0.4) is 0 Å². The fraction of sp³-hybridized carbons (Fsp3) is 0.189. The van der Waals surface area contributed by atoms with E-state index >= 15 is 4.39 Å². The summed E-state index contributed by atoms with van der Waals surface area (Å²) in [6.45, 7) is 10.3.